The molecule has 0 fully saturated rings. The molecule has 24 heavy (non-hydrogen) atoms. The van der Waals surface area contributed by atoms with Crippen molar-refractivity contribution in [1.29, 1.82) is 0 Å². The maximum absolute atomic E-state index is 12.2. The predicted octanol–water partition coefficient (Wildman–Crippen LogP) is 2.64. The first-order valence-corrected chi connectivity index (χ1v) is 7.67. The minimum absolute atomic E-state index is 0.0707. The van der Waals surface area contributed by atoms with E-state index in [2.05, 4.69) is 5.32 Å². The van der Waals surface area contributed by atoms with Gasteiger partial charge >= 0.3 is 6.18 Å². The molecule has 0 bridgehead atoms. The fraction of sp³-hybridized carbons (Fsp3) is 0.562. The Balaban J connectivity index is 2.65. The fourth-order valence-corrected chi connectivity index (χ4v) is 2.09. The predicted molar refractivity (Wildman–Crippen MR) is 84.0 cm³/mol. The number of alkyl halides is 3. The Kier molecular flexibility index (Phi) is 7.34. The van der Waals surface area contributed by atoms with Crippen molar-refractivity contribution < 1.29 is 27.4 Å². The molecule has 0 aliphatic carbocycles. The third kappa shape index (κ3) is 6.27. The molecule has 0 heterocycles. The molecular weight excluding hydrogens is 325 g/mol. The van der Waals surface area contributed by atoms with Gasteiger partial charge in [0.25, 0.3) is 5.91 Å². The molecule has 8 heteroatoms. The molecule has 0 spiro atoms. The Morgan fingerprint density at radius 2 is 1.67 bits per heavy atom. The first-order valence-electron chi connectivity index (χ1n) is 7.67. The lowest BCUT2D eigenvalue weighted by Crippen LogP contribution is -2.54. The van der Waals surface area contributed by atoms with Crippen LogP contribution >= 0.6 is 0 Å². The van der Waals surface area contributed by atoms with Crippen LogP contribution in [0.3, 0.4) is 0 Å². The van der Waals surface area contributed by atoms with Crippen molar-refractivity contribution in [3.63, 3.8) is 0 Å². The quantitative estimate of drug-likeness (QED) is 0.720. The van der Waals surface area contributed by atoms with Gasteiger partial charge in [0.2, 0.25) is 0 Å². The third-order valence-corrected chi connectivity index (χ3v) is 3.75. The SMILES string of the molecule is CCC(CC)(CN)NC(=O)COc1ccccc1OCC(F)(F)F. The van der Waals surface area contributed by atoms with E-state index in [1.165, 1.54) is 18.2 Å². The maximum Gasteiger partial charge on any atom is 0.422 e. The molecule has 0 saturated carbocycles. The van der Waals surface area contributed by atoms with E-state index in [1.807, 2.05) is 13.8 Å². The molecule has 0 unspecified atom stereocenters. The van der Waals surface area contributed by atoms with Crippen molar-refractivity contribution >= 4 is 5.91 Å². The summed E-state index contributed by atoms with van der Waals surface area (Å²) in [6, 6.07) is 5.89. The Labute approximate surface area is 139 Å². The van der Waals surface area contributed by atoms with E-state index in [4.69, 9.17) is 15.2 Å². The van der Waals surface area contributed by atoms with Crippen molar-refractivity contribution in [2.24, 2.45) is 5.73 Å². The van der Waals surface area contributed by atoms with Crippen LogP contribution in [0.15, 0.2) is 24.3 Å². The van der Waals surface area contributed by atoms with Crippen LogP contribution in [0.25, 0.3) is 0 Å². The minimum Gasteiger partial charge on any atom is -0.480 e. The highest BCUT2D eigenvalue weighted by molar-refractivity contribution is 5.78. The first kappa shape index (κ1) is 20.1. The van der Waals surface area contributed by atoms with Crippen LogP contribution in [0, 0.1) is 0 Å². The zero-order valence-electron chi connectivity index (χ0n) is 13.8. The summed E-state index contributed by atoms with van der Waals surface area (Å²) in [4.78, 5) is 12.0. The Bertz CT molecular complexity index is 523. The van der Waals surface area contributed by atoms with Crippen LogP contribution in [-0.4, -0.2) is 37.4 Å². The molecular formula is C16H23F3N2O3. The molecule has 1 aromatic rings. The number of benzene rings is 1. The summed E-state index contributed by atoms with van der Waals surface area (Å²) in [5, 5.41) is 2.82. The van der Waals surface area contributed by atoms with Crippen LogP contribution in [0.1, 0.15) is 26.7 Å². The second-order valence-electron chi connectivity index (χ2n) is 5.38. The lowest BCUT2D eigenvalue weighted by molar-refractivity contribution is -0.153. The number of nitrogens with one attached hydrogen (secondary N) is 1. The Morgan fingerprint density at radius 1 is 1.12 bits per heavy atom. The molecule has 1 rings (SSSR count). The summed E-state index contributed by atoms with van der Waals surface area (Å²) in [5.74, 6) is -0.392. The highest BCUT2D eigenvalue weighted by atomic mass is 19.4. The molecule has 0 aliphatic rings. The average molecular weight is 348 g/mol. The van der Waals surface area contributed by atoms with Crippen LogP contribution in [0.4, 0.5) is 13.2 Å². The molecule has 3 N–H and O–H groups in total. The van der Waals surface area contributed by atoms with Gasteiger partial charge in [0.05, 0.1) is 5.54 Å². The molecule has 0 aliphatic heterocycles. The van der Waals surface area contributed by atoms with E-state index < -0.39 is 24.2 Å². The monoisotopic (exact) mass is 348 g/mol. The largest absolute Gasteiger partial charge is 0.480 e. The highest BCUT2D eigenvalue weighted by Gasteiger charge is 2.29. The summed E-state index contributed by atoms with van der Waals surface area (Å²) >= 11 is 0. The number of halogens is 3. The number of rotatable bonds is 9. The zero-order chi connectivity index (χ0) is 18.2. The molecule has 0 aromatic heterocycles. The highest BCUT2D eigenvalue weighted by Crippen LogP contribution is 2.28. The molecule has 0 saturated heterocycles. The van der Waals surface area contributed by atoms with Crippen LogP contribution in [0.2, 0.25) is 0 Å². The van der Waals surface area contributed by atoms with Gasteiger partial charge < -0.3 is 20.5 Å². The lowest BCUT2D eigenvalue weighted by Gasteiger charge is -2.31. The second kappa shape index (κ2) is 8.77. The summed E-state index contributed by atoms with van der Waals surface area (Å²) < 4.78 is 46.7. The Hall–Kier alpha value is -1.96. The summed E-state index contributed by atoms with van der Waals surface area (Å²) in [7, 11) is 0. The van der Waals surface area contributed by atoms with Crippen LogP contribution in [-0.2, 0) is 4.79 Å². The lowest BCUT2D eigenvalue weighted by atomic mass is 9.93. The van der Waals surface area contributed by atoms with Crippen molar-refractivity contribution in [2.45, 2.75) is 38.4 Å². The average Bonchev–Trinajstić information content (AvgIpc) is 2.56. The second-order valence-corrected chi connectivity index (χ2v) is 5.38. The van der Waals surface area contributed by atoms with E-state index in [9.17, 15) is 18.0 Å². The van der Waals surface area contributed by atoms with Gasteiger partial charge in [0.15, 0.2) is 24.7 Å². The summed E-state index contributed by atoms with van der Waals surface area (Å²) in [6.07, 6.45) is -3.12. The summed E-state index contributed by atoms with van der Waals surface area (Å²) in [6.45, 7) is 2.35. The molecule has 1 amide bonds. The maximum atomic E-state index is 12.2. The summed E-state index contributed by atoms with van der Waals surface area (Å²) in [5.41, 5.74) is 5.20. The Morgan fingerprint density at radius 3 is 2.12 bits per heavy atom. The van der Waals surface area contributed by atoms with Crippen LogP contribution < -0.4 is 20.5 Å². The molecule has 5 nitrogen and oxygen atoms in total. The fourth-order valence-electron chi connectivity index (χ4n) is 2.09. The third-order valence-electron chi connectivity index (χ3n) is 3.75. The van der Waals surface area contributed by atoms with Gasteiger partial charge in [-0.05, 0) is 25.0 Å². The topological polar surface area (TPSA) is 73.6 Å². The minimum atomic E-state index is -4.45. The standard InChI is InChI=1S/C16H23F3N2O3/c1-3-15(4-2,10-20)21-14(22)9-23-12-7-5-6-8-13(12)24-11-16(17,18)19/h5-8H,3-4,9-11,20H2,1-2H3,(H,21,22). The number of nitrogens with two attached hydrogens (primary N) is 1. The first-order chi connectivity index (χ1) is 11.2. The number of ether oxygens (including phenoxy) is 2. The van der Waals surface area contributed by atoms with Gasteiger partial charge in [0.1, 0.15) is 0 Å². The zero-order valence-corrected chi connectivity index (χ0v) is 13.8. The van der Waals surface area contributed by atoms with Gasteiger partial charge in [-0.25, -0.2) is 0 Å². The van der Waals surface area contributed by atoms with E-state index >= 15 is 0 Å². The number of hydrogen-bond acceptors (Lipinski definition) is 4. The van der Waals surface area contributed by atoms with E-state index in [0.29, 0.717) is 12.8 Å². The molecule has 0 atom stereocenters. The number of amides is 1. The van der Waals surface area contributed by atoms with Gasteiger partial charge in [0, 0.05) is 6.54 Å². The molecule has 0 radical (unpaired) electrons. The normalized spacial score (nSPS) is 11.9. The van der Waals surface area contributed by atoms with Gasteiger partial charge in [-0.15, -0.1) is 0 Å². The van der Waals surface area contributed by atoms with Crippen molar-refractivity contribution in [1.82, 2.24) is 5.32 Å². The number of carbonyl (C=O) groups excluding carboxylic acids is 1. The van der Waals surface area contributed by atoms with Gasteiger partial charge in [-0.2, -0.15) is 13.2 Å². The van der Waals surface area contributed by atoms with E-state index in [-0.39, 0.29) is 24.7 Å². The van der Waals surface area contributed by atoms with Crippen molar-refractivity contribution in [3.05, 3.63) is 24.3 Å². The van der Waals surface area contributed by atoms with E-state index in [1.54, 1.807) is 6.07 Å². The molecule has 136 valence electrons. The van der Waals surface area contributed by atoms with Crippen molar-refractivity contribution in [3.8, 4) is 11.5 Å². The van der Waals surface area contributed by atoms with Gasteiger partial charge in [-0.3, -0.25) is 4.79 Å². The van der Waals surface area contributed by atoms with Crippen molar-refractivity contribution in [2.75, 3.05) is 19.8 Å². The number of carbonyl (C=O) groups is 1. The van der Waals surface area contributed by atoms with E-state index in [0.717, 1.165) is 0 Å². The smallest absolute Gasteiger partial charge is 0.422 e. The van der Waals surface area contributed by atoms with Gasteiger partial charge in [-0.1, -0.05) is 26.0 Å². The molecule has 1 aromatic carbocycles. The van der Waals surface area contributed by atoms with Crippen LogP contribution in [0.5, 0.6) is 11.5 Å². The number of para-hydroxylation sites is 2. The number of hydrogen-bond donors (Lipinski definition) is 2.